The van der Waals surface area contributed by atoms with Crippen LogP contribution in [0.1, 0.15) is 22.8 Å². The van der Waals surface area contributed by atoms with Gasteiger partial charge in [0.1, 0.15) is 17.3 Å². The van der Waals surface area contributed by atoms with Crippen molar-refractivity contribution < 1.29 is 9.90 Å². The second kappa shape index (κ2) is 4.76. The van der Waals surface area contributed by atoms with Crippen LogP contribution in [0.25, 0.3) is 0 Å². The summed E-state index contributed by atoms with van der Waals surface area (Å²) in [5, 5.41) is 9.44. The van der Waals surface area contributed by atoms with Crippen molar-refractivity contribution in [2.24, 2.45) is 0 Å². The van der Waals surface area contributed by atoms with Crippen molar-refractivity contribution >= 4 is 29.1 Å². The standard InChI is InChI=1S/C14H12ClN3O2/c1-8-4-10-5-9(14(19)20)2-3-11(10)18(8)13-6-12(15)16-7-17-13/h2-3,5-8H,4H2,1H3,(H,19,20)/t8-/m1/s1. The van der Waals surface area contributed by atoms with E-state index in [1.54, 1.807) is 18.2 Å². The number of aromatic nitrogens is 2. The Labute approximate surface area is 120 Å². The summed E-state index contributed by atoms with van der Waals surface area (Å²) in [5.74, 6) is -0.191. The molecule has 3 rings (SSSR count). The Morgan fingerprint density at radius 3 is 2.90 bits per heavy atom. The fourth-order valence-electron chi connectivity index (χ4n) is 2.57. The first-order valence-electron chi connectivity index (χ1n) is 6.19. The lowest BCUT2D eigenvalue weighted by Crippen LogP contribution is -2.24. The van der Waals surface area contributed by atoms with Crippen LogP contribution >= 0.6 is 11.6 Å². The third-order valence-electron chi connectivity index (χ3n) is 3.41. The lowest BCUT2D eigenvalue weighted by molar-refractivity contribution is 0.0697. The zero-order chi connectivity index (χ0) is 14.3. The van der Waals surface area contributed by atoms with E-state index in [-0.39, 0.29) is 6.04 Å². The quantitative estimate of drug-likeness (QED) is 0.861. The number of halogens is 1. The third-order valence-corrected chi connectivity index (χ3v) is 3.61. The number of carbonyl (C=O) groups is 1. The summed E-state index contributed by atoms with van der Waals surface area (Å²) in [4.78, 5) is 21.2. The normalized spacial score (nSPS) is 17.1. The van der Waals surface area contributed by atoms with Crippen molar-refractivity contribution in [3.05, 3.63) is 46.9 Å². The summed E-state index contributed by atoms with van der Waals surface area (Å²) in [6.45, 7) is 2.07. The molecule has 0 bridgehead atoms. The average Bonchev–Trinajstić information content (AvgIpc) is 2.73. The Morgan fingerprint density at radius 2 is 2.20 bits per heavy atom. The van der Waals surface area contributed by atoms with Crippen molar-refractivity contribution in [3.63, 3.8) is 0 Å². The molecule has 1 atom stereocenters. The summed E-state index contributed by atoms with van der Waals surface area (Å²) in [5.41, 5.74) is 2.28. The zero-order valence-corrected chi connectivity index (χ0v) is 11.5. The zero-order valence-electron chi connectivity index (χ0n) is 10.7. The predicted octanol–water partition coefficient (Wildman–Crippen LogP) is 2.91. The number of rotatable bonds is 2. The molecule has 1 aromatic carbocycles. The van der Waals surface area contributed by atoms with Gasteiger partial charge in [0.2, 0.25) is 0 Å². The maximum atomic E-state index is 11.0. The Kier molecular flexibility index (Phi) is 3.06. The van der Waals surface area contributed by atoms with Crippen LogP contribution in [0.2, 0.25) is 5.15 Å². The van der Waals surface area contributed by atoms with Crippen LogP contribution in [0.15, 0.2) is 30.6 Å². The van der Waals surface area contributed by atoms with E-state index in [1.807, 2.05) is 6.07 Å². The Bertz CT molecular complexity index is 690. The third kappa shape index (κ3) is 2.10. The molecule has 0 saturated heterocycles. The van der Waals surface area contributed by atoms with Crippen LogP contribution in [-0.4, -0.2) is 27.1 Å². The number of hydrogen-bond acceptors (Lipinski definition) is 4. The van der Waals surface area contributed by atoms with E-state index in [1.165, 1.54) is 6.33 Å². The largest absolute Gasteiger partial charge is 0.478 e. The number of benzene rings is 1. The monoisotopic (exact) mass is 289 g/mol. The molecule has 1 aliphatic heterocycles. The van der Waals surface area contributed by atoms with Crippen LogP contribution in [0.3, 0.4) is 0 Å². The number of hydrogen-bond donors (Lipinski definition) is 1. The van der Waals surface area contributed by atoms with Gasteiger partial charge in [0.15, 0.2) is 0 Å². The van der Waals surface area contributed by atoms with E-state index in [9.17, 15) is 4.79 Å². The van der Waals surface area contributed by atoms with Crippen molar-refractivity contribution in [1.82, 2.24) is 9.97 Å². The van der Waals surface area contributed by atoms with Gasteiger partial charge in [0.25, 0.3) is 0 Å². The number of carboxylic acid groups (broad SMARTS) is 1. The van der Waals surface area contributed by atoms with Gasteiger partial charge in [-0.1, -0.05) is 11.6 Å². The molecule has 6 heteroatoms. The molecule has 0 aliphatic carbocycles. The minimum atomic E-state index is -0.913. The predicted molar refractivity (Wildman–Crippen MR) is 75.7 cm³/mol. The molecule has 0 radical (unpaired) electrons. The molecule has 5 nitrogen and oxygen atoms in total. The van der Waals surface area contributed by atoms with Crippen molar-refractivity contribution in [2.45, 2.75) is 19.4 Å². The highest BCUT2D eigenvalue weighted by Crippen LogP contribution is 2.38. The van der Waals surface area contributed by atoms with Crippen LogP contribution in [0, 0.1) is 0 Å². The number of carboxylic acids is 1. The lowest BCUT2D eigenvalue weighted by atomic mass is 10.1. The van der Waals surface area contributed by atoms with Gasteiger partial charge in [-0.2, -0.15) is 0 Å². The highest BCUT2D eigenvalue weighted by molar-refractivity contribution is 6.29. The Hall–Kier alpha value is -2.14. The molecule has 0 spiro atoms. The molecule has 0 amide bonds. The molecule has 102 valence electrons. The van der Waals surface area contributed by atoms with E-state index in [0.717, 1.165) is 23.5 Å². The van der Waals surface area contributed by atoms with E-state index in [0.29, 0.717) is 10.7 Å². The number of nitrogens with zero attached hydrogens (tertiary/aromatic N) is 3. The van der Waals surface area contributed by atoms with Gasteiger partial charge in [0.05, 0.1) is 5.56 Å². The molecule has 1 aliphatic rings. The second-order valence-corrected chi connectivity index (χ2v) is 5.16. The smallest absolute Gasteiger partial charge is 0.335 e. The summed E-state index contributed by atoms with van der Waals surface area (Å²) < 4.78 is 0. The van der Waals surface area contributed by atoms with Crippen LogP contribution in [0.5, 0.6) is 0 Å². The van der Waals surface area contributed by atoms with Crippen LogP contribution in [0.4, 0.5) is 11.5 Å². The summed E-state index contributed by atoms with van der Waals surface area (Å²) in [6.07, 6.45) is 2.20. The van der Waals surface area contributed by atoms with Gasteiger partial charge in [-0.25, -0.2) is 14.8 Å². The molecule has 1 N–H and O–H groups in total. The van der Waals surface area contributed by atoms with E-state index < -0.39 is 5.97 Å². The van der Waals surface area contributed by atoms with Crippen LogP contribution in [-0.2, 0) is 6.42 Å². The first-order valence-corrected chi connectivity index (χ1v) is 6.57. The van der Waals surface area contributed by atoms with Crippen LogP contribution < -0.4 is 4.90 Å². The van der Waals surface area contributed by atoms with Gasteiger partial charge in [-0.05, 0) is 37.1 Å². The molecule has 2 aromatic rings. The Morgan fingerprint density at radius 1 is 1.40 bits per heavy atom. The second-order valence-electron chi connectivity index (χ2n) is 4.77. The summed E-state index contributed by atoms with van der Waals surface area (Å²) >= 11 is 5.91. The van der Waals surface area contributed by atoms with Crippen molar-refractivity contribution in [2.75, 3.05) is 4.90 Å². The van der Waals surface area contributed by atoms with Crippen molar-refractivity contribution in [3.8, 4) is 0 Å². The van der Waals surface area contributed by atoms with E-state index in [4.69, 9.17) is 16.7 Å². The Balaban J connectivity index is 2.06. The highest BCUT2D eigenvalue weighted by atomic mass is 35.5. The number of fused-ring (bicyclic) bond motifs is 1. The fourth-order valence-corrected chi connectivity index (χ4v) is 2.71. The van der Waals surface area contributed by atoms with E-state index in [2.05, 4.69) is 21.8 Å². The van der Waals surface area contributed by atoms with Gasteiger partial charge in [0, 0.05) is 17.8 Å². The van der Waals surface area contributed by atoms with Crippen molar-refractivity contribution in [1.29, 1.82) is 0 Å². The fraction of sp³-hybridized carbons (Fsp3) is 0.214. The van der Waals surface area contributed by atoms with Gasteiger partial charge >= 0.3 is 5.97 Å². The molecule has 0 saturated carbocycles. The SMILES string of the molecule is C[C@@H]1Cc2cc(C(=O)O)ccc2N1c1cc(Cl)ncn1. The number of aromatic carboxylic acids is 1. The molecule has 1 aromatic heterocycles. The van der Waals surface area contributed by atoms with Gasteiger partial charge < -0.3 is 10.0 Å². The molecular formula is C14H12ClN3O2. The molecule has 20 heavy (non-hydrogen) atoms. The summed E-state index contributed by atoms with van der Waals surface area (Å²) in [7, 11) is 0. The van der Waals surface area contributed by atoms with E-state index >= 15 is 0 Å². The number of anilines is 2. The molecule has 2 heterocycles. The first-order chi connectivity index (χ1) is 9.56. The average molecular weight is 290 g/mol. The minimum absolute atomic E-state index is 0.194. The molecule has 0 fully saturated rings. The molecule has 0 unspecified atom stereocenters. The first kappa shape index (κ1) is 12.9. The topological polar surface area (TPSA) is 66.3 Å². The maximum absolute atomic E-state index is 11.0. The maximum Gasteiger partial charge on any atom is 0.335 e. The summed E-state index contributed by atoms with van der Waals surface area (Å²) in [6, 6.07) is 7.04. The van der Waals surface area contributed by atoms with Gasteiger partial charge in [-0.3, -0.25) is 0 Å². The van der Waals surface area contributed by atoms with Gasteiger partial charge in [-0.15, -0.1) is 0 Å². The highest BCUT2D eigenvalue weighted by Gasteiger charge is 2.28. The molecular weight excluding hydrogens is 278 g/mol. The minimum Gasteiger partial charge on any atom is -0.478 e. The lowest BCUT2D eigenvalue weighted by Gasteiger charge is -2.23.